The van der Waals surface area contributed by atoms with Gasteiger partial charge < -0.3 is 14.5 Å². The topological polar surface area (TPSA) is 48.4 Å². The van der Waals surface area contributed by atoms with Crippen molar-refractivity contribution in [2.75, 3.05) is 20.3 Å². The summed E-state index contributed by atoms with van der Waals surface area (Å²) >= 11 is 0. The van der Waals surface area contributed by atoms with Crippen molar-refractivity contribution in [1.29, 1.82) is 0 Å². The maximum atomic E-state index is 10.8. The average molecular weight is 359 g/mol. The van der Waals surface area contributed by atoms with Gasteiger partial charge in [-0.15, -0.1) is 29.8 Å². The molecule has 0 fully saturated rings. The van der Waals surface area contributed by atoms with E-state index in [1.807, 2.05) is 6.07 Å². The SMILES string of the molecule is COCCOc1ccnc(-c2[c-]ccc(C=O)c2)c1.[Rh]. The Morgan fingerprint density at radius 3 is 2.90 bits per heavy atom. The minimum absolute atomic E-state index is 0. The van der Waals surface area contributed by atoms with Crippen LogP contribution in [0, 0.1) is 6.07 Å². The predicted octanol–water partition coefficient (Wildman–Crippen LogP) is 2.38. The van der Waals surface area contributed by atoms with E-state index in [4.69, 9.17) is 9.47 Å². The van der Waals surface area contributed by atoms with Gasteiger partial charge in [-0.1, -0.05) is 5.56 Å². The van der Waals surface area contributed by atoms with Crippen LogP contribution in [0.4, 0.5) is 0 Å². The molecular formula is C15H14NO3Rh-. The number of methoxy groups -OCH3 is 1. The third-order valence-corrected chi connectivity index (χ3v) is 2.53. The van der Waals surface area contributed by atoms with Crippen LogP contribution in [0.3, 0.4) is 0 Å². The Balaban J connectivity index is 0.00000200. The molecule has 0 amide bonds. The third-order valence-electron chi connectivity index (χ3n) is 2.53. The molecule has 1 aromatic carbocycles. The minimum atomic E-state index is 0. The molecule has 1 aromatic heterocycles. The van der Waals surface area contributed by atoms with Crippen LogP contribution in [0.25, 0.3) is 11.3 Å². The quantitative estimate of drug-likeness (QED) is 0.344. The summed E-state index contributed by atoms with van der Waals surface area (Å²) in [6.07, 6.45) is 2.47. The summed E-state index contributed by atoms with van der Waals surface area (Å²) in [5, 5.41) is 0. The molecule has 0 spiro atoms. The first-order valence-electron chi connectivity index (χ1n) is 5.88. The number of aromatic nitrogens is 1. The normalized spacial score (nSPS) is 9.65. The Bertz CT molecular complexity index is 560. The van der Waals surface area contributed by atoms with E-state index < -0.39 is 0 Å². The Morgan fingerprint density at radius 2 is 2.15 bits per heavy atom. The first kappa shape index (κ1) is 16.5. The van der Waals surface area contributed by atoms with E-state index in [1.165, 1.54) is 0 Å². The van der Waals surface area contributed by atoms with Gasteiger partial charge in [0.1, 0.15) is 18.6 Å². The van der Waals surface area contributed by atoms with Crippen molar-refractivity contribution in [1.82, 2.24) is 4.98 Å². The van der Waals surface area contributed by atoms with Gasteiger partial charge in [-0.05, 0) is 17.8 Å². The Hall–Kier alpha value is -1.58. The van der Waals surface area contributed by atoms with Crippen LogP contribution in [-0.4, -0.2) is 31.6 Å². The second-order valence-corrected chi connectivity index (χ2v) is 3.87. The summed E-state index contributed by atoms with van der Waals surface area (Å²) in [5.74, 6) is 0.715. The van der Waals surface area contributed by atoms with Gasteiger partial charge in [0.15, 0.2) is 0 Å². The zero-order valence-electron chi connectivity index (χ0n) is 11.0. The monoisotopic (exact) mass is 359 g/mol. The van der Waals surface area contributed by atoms with E-state index in [0.29, 0.717) is 24.5 Å². The molecule has 2 rings (SSSR count). The molecule has 1 heterocycles. The molecule has 20 heavy (non-hydrogen) atoms. The number of hydrogen-bond donors (Lipinski definition) is 0. The number of pyridine rings is 1. The van der Waals surface area contributed by atoms with Crippen LogP contribution in [-0.2, 0) is 24.2 Å². The summed E-state index contributed by atoms with van der Waals surface area (Å²) < 4.78 is 10.4. The van der Waals surface area contributed by atoms with Crippen LogP contribution in [0.1, 0.15) is 10.4 Å². The van der Waals surface area contributed by atoms with E-state index in [0.717, 1.165) is 17.5 Å². The molecule has 0 unspecified atom stereocenters. The number of rotatable bonds is 6. The van der Waals surface area contributed by atoms with Gasteiger partial charge in [-0.3, -0.25) is 4.79 Å². The molecule has 4 nitrogen and oxygen atoms in total. The van der Waals surface area contributed by atoms with Crippen molar-refractivity contribution in [2.45, 2.75) is 0 Å². The van der Waals surface area contributed by atoms with Crippen molar-refractivity contribution < 1.29 is 33.7 Å². The molecule has 0 aliphatic carbocycles. The molecule has 0 saturated heterocycles. The number of carbonyl (C=O) groups excluding carboxylic acids is 1. The van der Waals surface area contributed by atoms with Crippen LogP contribution < -0.4 is 4.74 Å². The van der Waals surface area contributed by atoms with Crippen molar-refractivity contribution in [3.63, 3.8) is 0 Å². The number of carbonyl (C=O) groups is 1. The number of nitrogens with zero attached hydrogens (tertiary/aromatic N) is 1. The van der Waals surface area contributed by atoms with E-state index in [2.05, 4.69) is 11.1 Å². The molecule has 0 aliphatic heterocycles. The molecule has 0 aliphatic rings. The fraction of sp³-hybridized carbons (Fsp3) is 0.200. The summed E-state index contributed by atoms with van der Waals surface area (Å²) in [6.45, 7) is 1.02. The van der Waals surface area contributed by atoms with E-state index in [-0.39, 0.29) is 19.5 Å². The molecular weight excluding hydrogens is 345 g/mol. The van der Waals surface area contributed by atoms with E-state index >= 15 is 0 Å². The zero-order valence-corrected chi connectivity index (χ0v) is 12.6. The van der Waals surface area contributed by atoms with E-state index in [1.54, 1.807) is 37.6 Å². The van der Waals surface area contributed by atoms with Gasteiger partial charge in [-0.25, -0.2) is 0 Å². The van der Waals surface area contributed by atoms with Gasteiger partial charge in [0.2, 0.25) is 0 Å². The Labute approximate surface area is 130 Å². The molecule has 0 bridgehead atoms. The van der Waals surface area contributed by atoms with Crippen molar-refractivity contribution >= 4 is 6.29 Å². The third kappa shape index (κ3) is 4.51. The Morgan fingerprint density at radius 1 is 1.30 bits per heavy atom. The molecule has 107 valence electrons. The van der Waals surface area contributed by atoms with Gasteiger partial charge in [0, 0.05) is 32.8 Å². The molecule has 5 heteroatoms. The first-order chi connectivity index (χ1) is 9.33. The summed E-state index contributed by atoms with van der Waals surface area (Å²) in [7, 11) is 1.63. The first-order valence-corrected chi connectivity index (χ1v) is 5.88. The van der Waals surface area contributed by atoms with Gasteiger partial charge in [0.05, 0.1) is 6.61 Å². The van der Waals surface area contributed by atoms with Crippen molar-refractivity contribution in [2.24, 2.45) is 0 Å². The molecule has 0 saturated carbocycles. The van der Waals surface area contributed by atoms with Crippen LogP contribution in [0.5, 0.6) is 5.75 Å². The van der Waals surface area contributed by atoms with Crippen molar-refractivity contribution in [3.8, 4) is 17.0 Å². The molecule has 2 aromatic rings. The summed E-state index contributed by atoms with van der Waals surface area (Å²) in [5.41, 5.74) is 2.08. The van der Waals surface area contributed by atoms with Crippen molar-refractivity contribution in [3.05, 3.63) is 48.2 Å². The molecule has 0 N–H and O–H groups in total. The number of hydrogen-bond acceptors (Lipinski definition) is 4. The molecule has 1 radical (unpaired) electrons. The standard InChI is InChI=1S/C15H14NO3.Rh/c1-18-7-8-19-14-5-6-16-15(10-14)13-4-2-3-12(9-13)11-17;/h2-3,5-6,9-11H,7-8H2,1H3;/q-1;. The van der Waals surface area contributed by atoms with Crippen LogP contribution >= 0.6 is 0 Å². The predicted molar refractivity (Wildman–Crippen MR) is 71.3 cm³/mol. The number of aldehydes is 1. The zero-order chi connectivity index (χ0) is 13.5. The van der Waals surface area contributed by atoms with Gasteiger partial charge in [-0.2, -0.15) is 0 Å². The largest absolute Gasteiger partial charge is 0.492 e. The Kier molecular flexibility index (Phi) is 7.06. The fourth-order valence-corrected chi connectivity index (χ4v) is 1.60. The van der Waals surface area contributed by atoms with Gasteiger partial charge >= 0.3 is 0 Å². The van der Waals surface area contributed by atoms with Crippen LogP contribution in [0.15, 0.2) is 36.5 Å². The number of benzene rings is 1. The maximum Gasteiger partial charge on any atom is 0.131 e. The average Bonchev–Trinajstić information content (AvgIpc) is 2.48. The van der Waals surface area contributed by atoms with E-state index in [9.17, 15) is 4.79 Å². The maximum absolute atomic E-state index is 10.8. The summed E-state index contributed by atoms with van der Waals surface area (Å²) in [6, 6.07) is 11.8. The fourth-order valence-electron chi connectivity index (χ4n) is 1.60. The smallest absolute Gasteiger partial charge is 0.131 e. The molecule has 0 atom stereocenters. The number of ether oxygens (including phenoxy) is 2. The van der Waals surface area contributed by atoms with Gasteiger partial charge in [0.25, 0.3) is 0 Å². The second kappa shape index (κ2) is 8.57. The van der Waals surface area contributed by atoms with Crippen LogP contribution in [0.2, 0.25) is 0 Å². The second-order valence-electron chi connectivity index (χ2n) is 3.87. The summed E-state index contributed by atoms with van der Waals surface area (Å²) in [4.78, 5) is 15.0. The minimum Gasteiger partial charge on any atom is -0.492 e.